The average Bonchev–Trinajstić information content (AvgIpc) is 3.22. The standard InChI is InChI=1S/C28H27N3O3/c1-33-22-14-18(15-23(16-22)34-2)17-29-28(32)21-12-10-20(11-13-21)26-25-9-5-7-19-6-3-4-8-24(19)27(25)31-30-26/h3-4,6,8,10-16H,5,7,9,17H2,1-2H3,(H,29,32)(H,30,31). The Labute approximate surface area is 198 Å². The zero-order valence-electron chi connectivity index (χ0n) is 19.4. The maximum Gasteiger partial charge on any atom is 0.251 e. The van der Waals surface area contributed by atoms with Crippen molar-refractivity contribution in [3.8, 4) is 34.0 Å². The van der Waals surface area contributed by atoms with Crippen molar-refractivity contribution in [2.45, 2.75) is 25.8 Å². The molecule has 172 valence electrons. The summed E-state index contributed by atoms with van der Waals surface area (Å²) < 4.78 is 10.6. The van der Waals surface area contributed by atoms with Gasteiger partial charge in [0.2, 0.25) is 0 Å². The number of rotatable bonds is 6. The second-order valence-corrected chi connectivity index (χ2v) is 8.42. The van der Waals surface area contributed by atoms with Gasteiger partial charge in [0.25, 0.3) is 5.91 Å². The van der Waals surface area contributed by atoms with Crippen molar-refractivity contribution in [1.82, 2.24) is 15.5 Å². The number of H-pyrrole nitrogens is 1. The van der Waals surface area contributed by atoms with Crippen LogP contribution in [-0.4, -0.2) is 30.3 Å². The van der Waals surface area contributed by atoms with Gasteiger partial charge in [0.05, 0.1) is 25.6 Å². The van der Waals surface area contributed by atoms with Gasteiger partial charge in [-0.1, -0.05) is 36.4 Å². The summed E-state index contributed by atoms with van der Waals surface area (Å²) in [5.74, 6) is 1.24. The molecule has 0 atom stereocenters. The largest absolute Gasteiger partial charge is 0.497 e. The van der Waals surface area contributed by atoms with Crippen molar-refractivity contribution in [2.75, 3.05) is 14.2 Å². The number of nitrogens with zero attached hydrogens (tertiary/aromatic N) is 1. The van der Waals surface area contributed by atoms with Gasteiger partial charge in [-0.05, 0) is 54.7 Å². The second kappa shape index (κ2) is 9.43. The van der Waals surface area contributed by atoms with Gasteiger partial charge in [0, 0.05) is 34.9 Å². The molecule has 1 heterocycles. The maximum absolute atomic E-state index is 12.7. The van der Waals surface area contributed by atoms with Crippen LogP contribution in [0.15, 0.2) is 66.7 Å². The van der Waals surface area contributed by atoms with Gasteiger partial charge in [-0.3, -0.25) is 9.89 Å². The highest BCUT2D eigenvalue weighted by molar-refractivity contribution is 5.94. The Morgan fingerprint density at radius 1 is 0.971 bits per heavy atom. The van der Waals surface area contributed by atoms with Gasteiger partial charge < -0.3 is 14.8 Å². The third kappa shape index (κ3) is 4.27. The van der Waals surface area contributed by atoms with E-state index in [2.05, 4.69) is 39.8 Å². The molecule has 1 amide bonds. The van der Waals surface area contributed by atoms with Gasteiger partial charge >= 0.3 is 0 Å². The highest BCUT2D eigenvalue weighted by Crippen LogP contribution is 2.36. The lowest BCUT2D eigenvalue weighted by Crippen LogP contribution is -2.22. The molecule has 0 bridgehead atoms. The number of aromatic nitrogens is 2. The van der Waals surface area contributed by atoms with Gasteiger partial charge in [0.1, 0.15) is 11.5 Å². The lowest BCUT2D eigenvalue weighted by atomic mass is 9.99. The van der Waals surface area contributed by atoms with Crippen molar-refractivity contribution >= 4 is 5.91 Å². The van der Waals surface area contributed by atoms with Crippen molar-refractivity contribution < 1.29 is 14.3 Å². The first-order chi connectivity index (χ1) is 16.7. The second-order valence-electron chi connectivity index (χ2n) is 8.42. The Morgan fingerprint density at radius 3 is 2.44 bits per heavy atom. The van der Waals surface area contributed by atoms with E-state index in [9.17, 15) is 4.79 Å². The Balaban J connectivity index is 1.32. The van der Waals surface area contributed by atoms with Gasteiger partial charge in [-0.25, -0.2) is 0 Å². The highest BCUT2D eigenvalue weighted by Gasteiger charge is 2.21. The van der Waals surface area contributed by atoms with Gasteiger partial charge in [-0.15, -0.1) is 0 Å². The average molecular weight is 454 g/mol. The SMILES string of the molecule is COc1cc(CNC(=O)c2ccc(-c3n[nH]c4c3CCCc3ccccc3-4)cc2)cc(OC)c1. The molecule has 34 heavy (non-hydrogen) atoms. The summed E-state index contributed by atoms with van der Waals surface area (Å²) in [6.45, 7) is 0.375. The Bertz CT molecular complexity index is 1300. The van der Waals surface area contributed by atoms with E-state index in [1.54, 1.807) is 20.3 Å². The topological polar surface area (TPSA) is 76.2 Å². The zero-order valence-corrected chi connectivity index (χ0v) is 19.4. The predicted molar refractivity (Wildman–Crippen MR) is 132 cm³/mol. The van der Waals surface area contributed by atoms with E-state index in [0.29, 0.717) is 23.6 Å². The summed E-state index contributed by atoms with van der Waals surface area (Å²) in [5.41, 5.74) is 8.42. The molecule has 0 fully saturated rings. The lowest BCUT2D eigenvalue weighted by Gasteiger charge is -2.10. The van der Waals surface area contributed by atoms with Crippen LogP contribution >= 0.6 is 0 Å². The fraction of sp³-hybridized carbons (Fsp3) is 0.214. The summed E-state index contributed by atoms with van der Waals surface area (Å²) in [5, 5.41) is 10.9. The van der Waals surface area contributed by atoms with Crippen LogP contribution in [0.2, 0.25) is 0 Å². The van der Waals surface area contributed by atoms with Crippen LogP contribution in [0.5, 0.6) is 11.5 Å². The molecule has 3 aromatic carbocycles. The molecule has 0 radical (unpaired) electrons. The molecule has 1 aliphatic rings. The normalized spacial score (nSPS) is 12.3. The van der Waals surface area contributed by atoms with Crippen molar-refractivity contribution in [3.05, 3.63) is 89.0 Å². The number of fused-ring (bicyclic) bond motifs is 3. The number of aromatic amines is 1. The molecule has 5 rings (SSSR count). The lowest BCUT2D eigenvalue weighted by molar-refractivity contribution is 0.0951. The molecule has 6 heteroatoms. The third-order valence-corrected chi connectivity index (χ3v) is 6.31. The number of methoxy groups -OCH3 is 2. The number of ether oxygens (including phenoxy) is 2. The van der Waals surface area contributed by atoms with Crippen LogP contribution in [0.25, 0.3) is 22.5 Å². The minimum Gasteiger partial charge on any atom is -0.497 e. The molecule has 0 unspecified atom stereocenters. The van der Waals surface area contributed by atoms with Gasteiger partial charge in [-0.2, -0.15) is 5.10 Å². The smallest absolute Gasteiger partial charge is 0.251 e. The molecular weight excluding hydrogens is 426 g/mol. The first-order valence-electron chi connectivity index (χ1n) is 11.4. The van der Waals surface area contributed by atoms with E-state index in [4.69, 9.17) is 9.47 Å². The molecule has 1 aromatic heterocycles. The minimum absolute atomic E-state index is 0.136. The molecule has 0 spiro atoms. The van der Waals surface area contributed by atoms with Crippen LogP contribution in [0.4, 0.5) is 0 Å². The fourth-order valence-electron chi connectivity index (χ4n) is 4.54. The molecule has 0 saturated heterocycles. The molecule has 4 aromatic rings. The predicted octanol–water partition coefficient (Wildman–Crippen LogP) is 5.18. The van der Waals surface area contributed by atoms with E-state index in [0.717, 1.165) is 41.8 Å². The molecular formula is C28H27N3O3. The monoisotopic (exact) mass is 453 g/mol. The summed E-state index contributed by atoms with van der Waals surface area (Å²) in [6, 6.07) is 21.7. The minimum atomic E-state index is -0.136. The molecule has 0 saturated carbocycles. The number of nitrogens with one attached hydrogen (secondary N) is 2. The maximum atomic E-state index is 12.7. The Kier molecular flexibility index (Phi) is 6.04. The van der Waals surface area contributed by atoms with E-state index >= 15 is 0 Å². The van der Waals surface area contributed by atoms with Crippen LogP contribution in [0.1, 0.15) is 33.5 Å². The van der Waals surface area contributed by atoms with E-state index in [-0.39, 0.29) is 5.91 Å². The van der Waals surface area contributed by atoms with Crippen LogP contribution < -0.4 is 14.8 Å². The number of hydrogen-bond donors (Lipinski definition) is 2. The van der Waals surface area contributed by atoms with Crippen LogP contribution in [-0.2, 0) is 19.4 Å². The first-order valence-corrected chi connectivity index (χ1v) is 11.4. The number of amides is 1. The fourth-order valence-corrected chi connectivity index (χ4v) is 4.54. The molecule has 1 aliphatic carbocycles. The number of hydrogen-bond acceptors (Lipinski definition) is 4. The van der Waals surface area contributed by atoms with E-state index < -0.39 is 0 Å². The number of aryl methyl sites for hydroxylation is 1. The van der Waals surface area contributed by atoms with Crippen LogP contribution in [0, 0.1) is 0 Å². The van der Waals surface area contributed by atoms with Crippen molar-refractivity contribution in [3.63, 3.8) is 0 Å². The van der Waals surface area contributed by atoms with Crippen LogP contribution in [0.3, 0.4) is 0 Å². The zero-order chi connectivity index (χ0) is 23.5. The molecule has 2 N–H and O–H groups in total. The number of carbonyl (C=O) groups excluding carboxylic acids is 1. The quantitative estimate of drug-likeness (QED) is 0.422. The summed E-state index contributed by atoms with van der Waals surface area (Å²) in [7, 11) is 3.21. The summed E-state index contributed by atoms with van der Waals surface area (Å²) >= 11 is 0. The highest BCUT2D eigenvalue weighted by atomic mass is 16.5. The van der Waals surface area contributed by atoms with Crippen molar-refractivity contribution in [1.29, 1.82) is 0 Å². The number of carbonyl (C=O) groups is 1. The van der Waals surface area contributed by atoms with E-state index in [1.165, 1.54) is 16.7 Å². The Hall–Kier alpha value is -4.06. The third-order valence-electron chi connectivity index (χ3n) is 6.31. The first kappa shape index (κ1) is 21.8. The summed E-state index contributed by atoms with van der Waals surface area (Å²) in [6.07, 6.45) is 3.13. The van der Waals surface area contributed by atoms with Crippen molar-refractivity contribution in [2.24, 2.45) is 0 Å². The summed E-state index contributed by atoms with van der Waals surface area (Å²) in [4.78, 5) is 12.7. The molecule has 0 aliphatic heterocycles. The van der Waals surface area contributed by atoms with E-state index in [1.807, 2.05) is 36.4 Å². The van der Waals surface area contributed by atoms with Gasteiger partial charge in [0.15, 0.2) is 0 Å². The Morgan fingerprint density at radius 2 is 1.71 bits per heavy atom. The molecule has 6 nitrogen and oxygen atoms in total. The number of benzene rings is 3.